The topological polar surface area (TPSA) is 18.5 Å². The van der Waals surface area contributed by atoms with E-state index < -0.39 is 0 Å². The molecule has 122 valence electrons. The zero-order chi connectivity index (χ0) is 16.0. The van der Waals surface area contributed by atoms with E-state index in [0.717, 1.165) is 43.1 Å². The van der Waals surface area contributed by atoms with E-state index in [9.17, 15) is 0 Å². The normalized spacial score (nSPS) is 10.2. The van der Waals surface area contributed by atoms with Gasteiger partial charge in [-0.25, -0.2) is 0 Å². The summed E-state index contributed by atoms with van der Waals surface area (Å²) in [7, 11) is 0. The van der Waals surface area contributed by atoms with Gasteiger partial charge in [0.2, 0.25) is 0 Å². The Morgan fingerprint density at radius 3 is 2.09 bits per heavy atom. The van der Waals surface area contributed by atoms with Crippen molar-refractivity contribution < 1.29 is 9.47 Å². The molecule has 0 aliphatic carbocycles. The van der Waals surface area contributed by atoms with Crippen LogP contribution in [-0.2, 0) is 0 Å². The van der Waals surface area contributed by atoms with Crippen LogP contribution in [0.3, 0.4) is 0 Å². The summed E-state index contributed by atoms with van der Waals surface area (Å²) in [5.74, 6) is 4.32. The van der Waals surface area contributed by atoms with E-state index in [1.165, 1.54) is 38.5 Å². The predicted octanol–water partition coefficient (Wildman–Crippen LogP) is 5.59. The molecule has 0 aliphatic rings. The third-order valence-corrected chi connectivity index (χ3v) is 3.63. The molecule has 1 aromatic carbocycles. The van der Waals surface area contributed by atoms with Gasteiger partial charge >= 0.3 is 0 Å². The summed E-state index contributed by atoms with van der Waals surface area (Å²) in [6.45, 7) is 5.90. The molecule has 0 bridgehead atoms. The number of hydrogen-bond acceptors (Lipinski definition) is 2. The molecule has 1 aromatic rings. The lowest BCUT2D eigenvalue weighted by Gasteiger charge is -2.11. The van der Waals surface area contributed by atoms with Gasteiger partial charge in [-0.05, 0) is 31.0 Å². The number of ether oxygens (including phenoxy) is 2. The van der Waals surface area contributed by atoms with E-state index in [2.05, 4.69) is 19.8 Å². The molecule has 0 radical (unpaired) electrons. The van der Waals surface area contributed by atoms with Crippen LogP contribution < -0.4 is 9.47 Å². The Kier molecular flexibility index (Phi) is 10.0. The molecule has 0 unspecified atom stereocenters. The molecular weight excluding hydrogens is 272 g/mol. The minimum atomic E-state index is 0.728. The van der Waals surface area contributed by atoms with Gasteiger partial charge in [0.05, 0.1) is 18.8 Å². The van der Waals surface area contributed by atoms with Crippen LogP contribution in [0.15, 0.2) is 18.2 Å². The average Bonchev–Trinajstić information content (AvgIpc) is 2.55. The Morgan fingerprint density at radius 1 is 0.864 bits per heavy atom. The summed E-state index contributed by atoms with van der Waals surface area (Å²) < 4.78 is 11.5. The molecule has 22 heavy (non-hydrogen) atoms. The number of benzene rings is 1. The van der Waals surface area contributed by atoms with Crippen molar-refractivity contribution in [3.63, 3.8) is 0 Å². The van der Waals surface area contributed by atoms with Crippen molar-refractivity contribution in [3.05, 3.63) is 23.8 Å². The van der Waals surface area contributed by atoms with Crippen molar-refractivity contribution >= 4 is 0 Å². The summed E-state index contributed by atoms with van der Waals surface area (Å²) in [5.41, 5.74) is 0.779. The highest BCUT2D eigenvalue weighted by Gasteiger charge is 2.04. The van der Waals surface area contributed by atoms with Crippen molar-refractivity contribution in [1.82, 2.24) is 0 Å². The fourth-order valence-electron chi connectivity index (χ4n) is 2.27. The van der Waals surface area contributed by atoms with Gasteiger partial charge in [-0.3, -0.25) is 0 Å². The second kappa shape index (κ2) is 12.0. The fourth-order valence-corrected chi connectivity index (χ4v) is 2.27. The standard InChI is InChI=1S/C20H30O2/c1-4-7-9-11-15-21-19-13-14-20(18(6-3)17-19)22-16-12-10-8-5-2/h3,13-14,17H,4-5,7-12,15-16H2,1-2H3. The number of unbranched alkanes of at least 4 members (excludes halogenated alkanes) is 6. The highest BCUT2D eigenvalue weighted by molar-refractivity contribution is 5.49. The zero-order valence-corrected chi connectivity index (χ0v) is 14.2. The second-order valence-electron chi connectivity index (χ2n) is 5.62. The minimum absolute atomic E-state index is 0.728. The van der Waals surface area contributed by atoms with Gasteiger partial charge in [-0.2, -0.15) is 0 Å². The molecule has 0 spiro atoms. The van der Waals surface area contributed by atoms with Crippen molar-refractivity contribution in [2.75, 3.05) is 13.2 Å². The zero-order valence-electron chi connectivity index (χ0n) is 14.2. The highest BCUT2D eigenvalue weighted by Crippen LogP contribution is 2.24. The lowest BCUT2D eigenvalue weighted by atomic mass is 10.2. The molecular formula is C20H30O2. The van der Waals surface area contributed by atoms with Gasteiger partial charge in [-0.1, -0.05) is 58.3 Å². The lowest BCUT2D eigenvalue weighted by molar-refractivity contribution is 0.296. The Labute approximate surface area is 136 Å². The lowest BCUT2D eigenvalue weighted by Crippen LogP contribution is -2.01. The summed E-state index contributed by atoms with van der Waals surface area (Å²) >= 11 is 0. The van der Waals surface area contributed by atoms with Crippen LogP contribution >= 0.6 is 0 Å². The maximum atomic E-state index is 5.79. The predicted molar refractivity (Wildman–Crippen MR) is 93.7 cm³/mol. The Hall–Kier alpha value is -1.62. The average molecular weight is 302 g/mol. The van der Waals surface area contributed by atoms with Crippen molar-refractivity contribution in [2.24, 2.45) is 0 Å². The van der Waals surface area contributed by atoms with Crippen LogP contribution in [0.1, 0.15) is 70.8 Å². The largest absolute Gasteiger partial charge is 0.494 e. The third kappa shape index (κ3) is 7.41. The van der Waals surface area contributed by atoms with Crippen molar-refractivity contribution in [3.8, 4) is 23.8 Å². The first kappa shape index (κ1) is 18.4. The molecule has 2 heteroatoms. The first-order chi connectivity index (χ1) is 10.8. The van der Waals surface area contributed by atoms with E-state index in [0.29, 0.717) is 0 Å². The maximum Gasteiger partial charge on any atom is 0.135 e. The van der Waals surface area contributed by atoms with Gasteiger partial charge in [0.15, 0.2) is 0 Å². The maximum absolute atomic E-state index is 5.79. The number of rotatable bonds is 12. The van der Waals surface area contributed by atoms with E-state index in [1.807, 2.05) is 18.2 Å². The molecule has 0 aliphatic heterocycles. The Morgan fingerprint density at radius 2 is 1.50 bits per heavy atom. The first-order valence-electron chi connectivity index (χ1n) is 8.68. The minimum Gasteiger partial charge on any atom is -0.494 e. The Bertz CT molecular complexity index is 446. The smallest absolute Gasteiger partial charge is 0.135 e. The highest BCUT2D eigenvalue weighted by atomic mass is 16.5. The molecule has 0 saturated carbocycles. The first-order valence-corrected chi connectivity index (χ1v) is 8.68. The van der Waals surface area contributed by atoms with Crippen molar-refractivity contribution in [2.45, 2.75) is 65.2 Å². The molecule has 0 amide bonds. The molecule has 1 rings (SSSR count). The molecule has 0 aromatic heterocycles. The van der Waals surface area contributed by atoms with Crippen molar-refractivity contribution in [1.29, 1.82) is 0 Å². The van der Waals surface area contributed by atoms with Gasteiger partial charge < -0.3 is 9.47 Å². The summed E-state index contributed by atoms with van der Waals surface area (Å²) in [6, 6.07) is 5.78. The van der Waals surface area contributed by atoms with Gasteiger partial charge in [0, 0.05) is 0 Å². The fraction of sp³-hybridized carbons (Fsp3) is 0.600. The van der Waals surface area contributed by atoms with Gasteiger partial charge in [0.1, 0.15) is 11.5 Å². The van der Waals surface area contributed by atoms with Gasteiger partial charge in [-0.15, -0.1) is 6.42 Å². The third-order valence-electron chi connectivity index (χ3n) is 3.63. The molecule has 0 fully saturated rings. The van der Waals surface area contributed by atoms with Crippen LogP contribution in [-0.4, -0.2) is 13.2 Å². The molecule has 0 saturated heterocycles. The number of terminal acetylenes is 1. The number of hydrogen-bond donors (Lipinski definition) is 0. The summed E-state index contributed by atoms with van der Waals surface area (Å²) in [6.07, 6.45) is 15.2. The summed E-state index contributed by atoms with van der Waals surface area (Å²) in [5, 5.41) is 0. The Balaban J connectivity index is 2.40. The van der Waals surface area contributed by atoms with E-state index in [4.69, 9.17) is 15.9 Å². The van der Waals surface area contributed by atoms with Crippen LogP contribution in [0, 0.1) is 12.3 Å². The SMILES string of the molecule is C#Cc1cc(OCCCCCC)ccc1OCCCCCC. The molecule has 2 nitrogen and oxygen atoms in total. The van der Waals surface area contributed by atoms with Crippen LogP contribution in [0.5, 0.6) is 11.5 Å². The molecule has 0 atom stereocenters. The van der Waals surface area contributed by atoms with E-state index >= 15 is 0 Å². The molecule has 0 heterocycles. The van der Waals surface area contributed by atoms with E-state index in [1.54, 1.807) is 0 Å². The van der Waals surface area contributed by atoms with E-state index in [-0.39, 0.29) is 0 Å². The van der Waals surface area contributed by atoms with Gasteiger partial charge in [0.25, 0.3) is 0 Å². The monoisotopic (exact) mass is 302 g/mol. The van der Waals surface area contributed by atoms with Crippen LogP contribution in [0.2, 0.25) is 0 Å². The molecule has 0 N–H and O–H groups in total. The van der Waals surface area contributed by atoms with Crippen LogP contribution in [0.4, 0.5) is 0 Å². The quantitative estimate of drug-likeness (QED) is 0.370. The second-order valence-corrected chi connectivity index (χ2v) is 5.62. The van der Waals surface area contributed by atoms with Crippen LogP contribution in [0.25, 0.3) is 0 Å². The summed E-state index contributed by atoms with van der Waals surface area (Å²) in [4.78, 5) is 0.